The molecular weight excluding hydrogens is 288 g/mol. The topological polar surface area (TPSA) is 82.1 Å². The van der Waals surface area contributed by atoms with Crippen molar-refractivity contribution >= 4 is 15.9 Å². The third kappa shape index (κ3) is 1.56. The van der Waals surface area contributed by atoms with Gasteiger partial charge in [0.2, 0.25) is 10.0 Å². The van der Waals surface area contributed by atoms with Gasteiger partial charge in [-0.15, -0.1) is 0 Å². The normalized spacial score (nSPS) is 40.9. The molecule has 3 rings (SSSR count). The van der Waals surface area contributed by atoms with Crippen molar-refractivity contribution in [3.05, 3.63) is 0 Å². The molecule has 0 radical (unpaired) electrons. The van der Waals surface area contributed by atoms with Crippen molar-refractivity contribution < 1.29 is 31.4 Å². The molecule has 0 aromatic carbocycles. The van der Waals surface area contributed by atoms with Gasteiger partial charge < -0.3 is 18.1 Å². The molecule has 3 atom stereocenters. The summed E-state index contributed by atoms with van der Waals surface area (Å²) < 4.78 is 25.8. The van der Waals surface area contributed by atoms with Gasteiger partial charge in [-0.25, -0.2) is 12.7 Å². The first-order valence-corrected chi connectivity index (χ1v) is 8.21. The van der Waals surface area contributed by atoms with E-state index < -0.39 is 10.0 Å². The lowest BCUT2D eigenvalue weighted by molar-refractivity contribution is -0.356. The van der Waals surface area contributed by atoms with Crippen LogP contribution in [-0.4, -0.2) is 37.0 Å². The molecule has 110 valence electrons. The number of hydrogen-bond donors (Lipinski definition) is 1. The SMILES string of the molecule is CC1(C)[C@@H]2CC[C@]13CS(=O)(=O)N(C(=O)C[NH3+])[C@@H]3C2.[Cl-]. The number of fused-ring (bicyclic) bond motifs is 1. The molecule has 0 aromatic rings. The molecule has 3 aliphatic rings. The largest absolute Gasteiger partial charge is 1.00 e. The summed E-state index contributed by atoms with van der Waals surface area (Å²) in [6.45, 7) is 4.38. The Morgan fingerprint density at radius 2 is 2.05 bits per heavy atom. The fraction of sp³-hybridized carbons (Fsp3) is 0.917. The number of rotatable bonds is 1. The van der Waals surface area contributed by atoms with Crippen LogP contribution in [0.3, 0.4) is 0 Å². The molecule has 7 heteroatoms. The van der Waals surface area contributed by atoms with Gasteiger partial charge in [0.25, 0.3) is 5.91 Å². The van der Waals surface area contributed by atoms with Gasteiger partial charge in [0.1, 0.15) is 0 Å². The summed E-state index contributed by atoms with van der Waals surface area (Å²) in [5, 5.41) is 0. The smallest absolute Gasteiger partial charge is 0.291 e. The van der Waals surface area contributed by atoms with Crippen LogP contribution in [0, 0.1) is 16.7 Å². The van der Waals surface area contributed by atoms with Gasteiger partial charge in [0.05, 0.1) is 11.8 Å². The van der Waals surface area contributed by atoms with E-state index in [0.29, 0.717) is 5.92 Å². The highest BCUT2D eigenvalue weighted by molar-refractivity contribution is 7.90. The van der Waals surface area contributed by atoms with Crippen molar-refractivity contribution in [3.63, 3.8) is 0 Å². The van der Waals surface area contributed by atoms with E-state index in [4.69, 9.17) is 0 Å². The Hall–Kier alpha value is -0.330. The molecule has 2 bridgehead atoms. The number of amides is 1. The number of halogens is 1. The van der Waals surface area contributed by atoms with E-state index in [1.54, 1.807) is 0 Å². The minimum absolute atomic E-state index is 0. The van der Waals surface area contributed by atoms with E-state index in [-0.39, 0.29) is 47.5 Å². The second kappa shape index (κ2) is 4.09. The first-order valence-electron chi connectivity index (χ1n) is 6.60. The lowest BCUT2D eigenvalue weighted by atomic mass is 9.69. The molecule has 1 heterocycles. The molecule has 1 aliphatic heterocycles. The number of sulfonamides is 1. The second-order valence-electron chi connectivity index (χ2n) is 6.56. The Morgan fingerprint density at radius 1 is 1.42 bits per heavy atom. The number of carbonyl (C=O) groups excluding carboxylic acids is 1. The first kappa shape index (κ1) is 15.1. The second-order valence-corrected chi connectivity index (χ2v) is 8.41. The zero-order chi connectivity index (χ0) is 13.3. The zero-order valence-corrected chi connectivity index (χ0v) is 12.9. The van der Waals surface area contributed by atoms with Gasteiger partial charge in [0, 0.05) is 5.41 Å². The van der Waals surface area contributed by atoms with E-state index in [9.17, 15) is 13.2 Å². The molecule has 1 amide bonds. The minimum Gasteiger partial charge on any atom is -1.00 e. The quantitative estimate of drug-likeness (QED) is 0.548. The summed E-state index contributed by atoms with van der Waals surface area (Å²) in [4.78, 5) is 11.9. The molecule has 2 aliphatic carbocycles. The number of quaternary nitrogens is 1. The van der Waals surface area contributed by atoms with E-state index in [1.807, 2.05) is 0 Å². The average Bonchev–Trinajstić information content (AvgIpc) is 2.74. The summed E-state index contributed by atoms with van der Waals surface area (Å²) in [5.74, 6) is 0.373. The van der Waals surface area contributed by atoms with E-state index in [2.05, 4.69) is 19.6 Å². The monoisotopic (exact) mass is 308 g/mol. The molecule has 1 spiro atoms. The summed E-state index contributed by atoms with van der Waals surface area (Å²) in [5.41, 5.74) is 3.37. The van der Waals surface area contributed by atoms with Crippen molar-refractivity contribution in [3.8, 4) is 0 Å². The van der Waals surface area contributed by atoms with Crippen LogP contribution in [0.15, 0.2) is 0 Å². The Bertz CT molecular complexity index is 519. The molecule has 0 unspecified atom stereocenters. The Balaban J connectivity index is 0.00000133. The average molecular weight is 309 g/mol. The van der Waals surface area contributed by atoms with Crippen LogP contribution in [0.25, 0.3) is 0 Å². The Labute approximate surface area is 120 Å². The molecule has 19 heavy (non-hydrogen) atoms. The van der Waals surface area contributed by atoms with Crippen LogP contribution in [0.5, 0.6) is 0 Å². The lowest BCUT2D eigenvalue weighted by Gasteiger charge is -2.36. The van der Waals surface area contributed by atoms with Crippen LogP contribution in [0.2, 0.25) is 0 Å². The fourth-order valence-electron chi connectivity index (χ4n) is 4.73. The van der Waals surface area contributed by atoms with Gasteiger partial charge in [-0.3, -0.25) is 4.79 Å². The maximum absolute atomic E-state index is 12.3. The first-order chi connectivity index (χ1) is 8.26. The molecule has 3 N–H and O–H groups in total. The highest BCUT2D eigenvalue weighted by Gasteiger charge is 2.72. The lowest BCUT2D eigenvalue weighted by Crippen LogP contribution is -3.00. The van der Waals surface area contributed by atoms with E-state index >= 15 is 0 Å². The van der Waals surface area contributed by atoms with Crippen molar-refractivity contribution in [1.82, 2.24) is 4.31 Å². The highest BCUT2D eigenvalue weighted by atomic mass is 35.5. The van der Waals surface area contributed by atoms with Crippen LogP contribution < -0.4 is 18.1 Å². The van der Waals surface area contributed by atoms with E-state index in [1.165, 1.54) is 4.31 Å². The summed E-state index contributed by atoms with van der Waals surface area (Å²) in [6.07, 6.45) is 2.89. The molecular formula is C12H21ClN2O3S. The van der Waals surface area contributed by atoms with Crippen molar-refractivity contribution in [2.75, 3.05) is 12.3 Å². The number of nitrogens with zero attached hydrogens (tertiary/aromatic N) is 1. The third-order valence-corrected chi connectivity index (χ3v) is 7.81. The Kier molecular flexibility index (Phi) is 3.24. The van der Waals surface area contributed by atoms with Gasteiger partial charge in [0.15, 0.2) is 6.54 Å². The molecule has 0 aromatic heterocycles. The summed E-state index contributed by atoms with van der Waals surface area (Å²) >= 11 is 0. The summed E-state index contributed by atoms with van der Waals surface area (Å²) in [6, 6.07) is -0.106. The molecule has 1 saturated heterocycles. The highest BCUT2D eigenvalue weighted by Crippen LogP contribution is 2.69. The molecule has 3 fully saturated rings. The van der Waals surface area contributed by atoms with Crippen LogP contribution >= 0.6 is 0 Å². The number of carbonyl (C=O) groups is 1. The maximum atomic E-state index is 12.3. The molecule has 2 saturated carbocycles. The van der Waals surface area contributed by atoms with E-state index in [0.717, 1.165) is 19.3 Å². The predicted octanol–water partition coefficient (Wildman–Crippen LogP) is -3.40. The maximum Gasteiger partial charge on any atom is 0.291 e. The van der Waals surface area contributed by atoms with Crippen molar-refractivity contribution in [2.45, 2.75) is 39.2 Å². The van der Waals surface area contributed by atoms with Crippen LogP contribution in [0.1, 0.15) is 33.1 Å². The van der Waals surface area contributed by atoms with Crippen molar-refractivity contribution in [1.29, 1.82) is 0 Å². The third-order valence-electron chi connectivity index (χ3n) is 5.87. The van der Waals surface area contributed by atoms with Crippen LogP contribution in [0.4, 0.5) is 0 Å². The van der Waals surface area contributed by atoms with Crippen LogP contribution in [-0.2, 0) is 14.8 Å². The minimum atomic E-state index is -3.43. The summed E-state index contributed by atoms with van der Waals surface area (Å²) in [7, 11) is -3.43. The van der Waals surface area contributed by atoms with Gasteiger partial charge >= 0.3 is 0 Å². The zero-order valence-electron chi connectivity index (χ0n) is 11.4. The fourth-order valence-corrected chi connectivity index (χ4v) is 7.30. The molecule has 5 nitrogen and oxygen atoms in total. The van der Waals surface area contributed by atoms with Gasteiger partial charge in [-0.2, -0.15) is 0 Å². The van der Waals surface area contributed by atoms with Crippen molar-refractivity contribution in [2.24, 2.45) is 16.7 Å². The van der Waals surface area contributed by atoms with Gasteiger partial charge in [-0.1, -0.05) is 13.8 Å². The van der Waals surface area contributed by atoms with Gasteiger partial charge in [-0.05, 0) is 30.6 Å². The predicted molar refractivity (Wildman–Crippen MR) is 65.7 cm³/mol. The standard InChI is InChI=1S/C12H20N2O3S.ClH/c1-11(2)8-3-4-12(11)7-18(16,17)14(9(12)5-8)10(15)6-13;/h8-9H,3-7,13H2,1-2H3;1H/t8-,9-,12-;/m1./s1. The number of hydrogen-bond acceptors (Lipinski definition) is 3. The Morgan fingerprint density at radius 3 is 2.58 bits per heavy atom.